The molecule has 138 valence electrons. The van der Waals surface area contributed by atoms with E-state index in [4.69, 9.17) is 21.4 Å². The summed E-state index contributed by atoms with van der Waals surface area (Å²) in [7, 11) is 0. The summed E-state index contributed by atoms with van der Waals surface area (Å²) < 4.78 is 4.96. The number of nitrogens with zero attached hydrogens (tertiary/aromatic N) is 1. The number of rotatable bonds is 5. The van der Waals surface area contributed by atoms with Crippen molar-refractivity contribution in [1.82, 2.24) is 0 Å². The van der Waals surface area contributed by atoms with E-state index in [1.54, 1.807) is 18.2 Å². The number of hydrogen-bond acceptors (Lipinski definition) is 4. The van der Waals surface area contributed by atoms with Gasteiger partial charge in [-0.05, 0) is 29.3 Å². The Bertz CT molecular complexity index is 954. The first-order valence-corrected chi connectivity index (χ1v) is 9.26. The number of amides is 1. The van der Waals surface area contributed by atoms with Gasteiger partial charge < -0.3 is 14.7 Å². The largest absolute Gasteiger partial charge is 0.512 e. The fourth-order valence-electron chi connectivity index (χ4n) is 2.59. The summed E-state index contributed by atoms with van der Waals surface area (Å²) in [6, 6.07) is 18.4. The molecule has 7 heteroatoms. The third-order valence-electron chi connectivity index (χ3n) is 3.84. The third kappa shape index (κ3) is 4.67. The molecule has 1 aromatic heterocycles. The van der Waals surface area contributed by atoms with Crippen LogP contribution in [-0.2, 0) is 11.3 Å². The lowest BCUT2D eigenvalue weighted by molar-refractivity contribution is -0.116. The molecule has 0 bridgehead atoms. The van der Waals surface area contributed by atoms with Crippen molar-refractivity contribution in [2.75, 3.05) is 4.90 Å². The maximum atomic E-state index is 12.3. The number of carbonyl (C=O) groups excluding carboxylic acids is 1. The van der Waals surface area contributed by atoms with Crippen LogP contribution >= 0.6 is 22.9 Å². The third-order valence-corrected chi connectivity index (χ3v) is 5.15. The maximum Gasteiger partial charge on any atom is 0.512 e. The van der Waals surface area contributed by atoms with Gasteiger partial charge in [-0.1, -0.05) is 65.4 Å². The van der Waals surface area contributed by atoms with Gasteiger partial charge in [-0.25, -0.2) is 4.79 Å². The fraction of sp³-hybridized carbons (Fsp3) is 0.100. The molecule has 1 N–H and O–H groups in total. The molecule has 0 aliphatic heterocycles. The van der Waals surface area contributed by atoms with Crippen molar-refractivity contribution >= 4 is 40.7 Å². The minimum atomic E-state index is -1.42. The standard InChI is InChI=1S/C20H16ClNO4S/c1-13(23)22(12-14-7-9-16(21)10-8-14)17-11-18(15-5-3-2-4-6-15)27-19(17)26-20(24)25/h2-11H,12H2,1H3,(H,24,25). The predicted molar refractivity (Wildman–Crippen MR) is 107 cm³/mol. The van der Waals surface area contributed by atoms with E-state index >= 15 is 0 Å². The number of benzene rings is 2. The Balaban J connectivity index is 2.01. The van der Waals surface area contributed by atoms with Crippen LogP contribution in [0.25, 0.3) is 10.4 Å². The Kier molecular flexibility index (Phi) is 5.78. The number of anilines is 1. The van der Waals surface area contributed by atoms with Gasteiger partial charge in [0, 0.05) is 16.8 Å². The van der Waals surface area contributed by atoms with Crippen LogP contribution in [0.1, 0.15) is 12.5 Å². The monoisotopic (exact) mass is 401 g/mol. The van der Waals surface area contributed by atoms with Gasteiger partial charge in [-0.15, -0.1) is 0 Å². The van der Waals surface area contributed by atoms with Gasteiger partial charge in [-0.3, -0.25) is 4.79 Å². The van der Waals surface area contributed by atoms with E-state index in [2.05, 4.69) is 0 Å². The van der Waals surface area contributed by atoms with Gasteiger partial charge in [-0.2, -0.15) is 0 Å². The first-order valence-electron chi connectivity index (χ1n) is 8.06. The molecular formula is C20H16ClNO4S. The van der Waals surface area contributed by atoms with E-state index in [-0.39, 0.29) is 17.5 Å². The molecule has 1 heterocycles. The molecule has 27 heavy (non-hydrogen) atoms. The average molecular weight is 402 g/mol. The quantitative estimate of drug-likeness (QED) is 0.558. The second-order valence-electron chi connectivity index (χ2n) is 5.75. The van der Waals surface area contributed by atoms with Gasteiger partial charge in [0.25, 0.3) is 0 Å². The summed E-state index contributed by atoms with van der Waals surface area (Å²) >= 11 is 7.10. The van der Waals surface area contributed by atoms with Crippen molar-refractivity contribution in [3.8, 4) is 15.5 Å². The van der Waals surface area contributed by atoms with Crippen LogP contribution in [0, 0.1) is 0 Å². The Morgan fingerprint density at radius 2 is 1.78 bits per heavy atom. The van der Waals surface area contributed by atoms with Crippen LogP contribution in [0.2, 0.25) is 5.02 Å². The molecule has 5 nitrogen and oxygen atoms in total. The van der Waals surface area contributed by atoms with E-state index in [0.29, 0.717) is 10.7 Å². The topological polar surface area (TPSA) is 66.8 Å². The van der Waals surface area contributed by atoms with Crippen LogP contribution in [0.5, 0.6) is 5.06 Å². The fourth-order valence-corrected chi connectivity index (χ4v) is 3.73. The van der Waals surface area contributed by atoms with Gasteiger partial charge in [0.15, 0.2) is 0 Å². The van der Waals surface area contributed by atoms with Gasteiger partial charge in [0.1, 0.15) is 0 Å². The lowest BCUT2D eigenvalue weighted by Crippen LogP contribution is -2.28. The molecule has 0 aliphatic rings. The number of halogens is 1. The van der Waals surface area contributed by atoms with Crippen LogP contribution < -0.4 is 9.64 Å². The highest BCUT2D eigenvalue weighted by atomic mass is 35.5. The van der Waals surface area contributed by atoms with Crippen LogP contribution in [0.4, 0.5) is 10.5 Å². The number of hydrogen-bond donors (Lipinski definition) is 1. The average Bonchev–Trinajstić information content (AvgIpc) is 3.04. The molecule has 0 saturated carbocycles. The van der Waals surface area contributed by atoms with Crippen molar-refractivity contribution in [3.63, 3.8) is 0 Å². The molecule has 3 aromatic rings. The highest BCUT2D eigenvalue weighted by Crippen LogP contribution is 2.43. The zero-order valence-corrected chi connectivity index (χ0v) is 16.0. The number of carbonyl (C=O) groups is 2. The van der Waals surface area contributed by atoms with Crippen molar-refractivity contribution < 1.29 is 19.4 Å². The Morgan fingerprint density at radius 3 is 2.37 bits per heavy atom. The molecule has 2 aromatic carbocycles. The summed E-state index contributed by atoms with van der Waals surface area (Å²) in [5.41, 5.74) is 2.20. The molecule has 0 radical (unpaired) electrons. The normalized spacial score (nSPS) is 10.4. The molecule has 0 spiro atoms. The SMILES string of the molecule is CC(=O)N(Cc1ccc(Cl)cc1)c1cc(-c2ccccc2)sc1OC(=O)O. The summed E-state index contributed by atoms with van der Waals surface area (Å²) in [6.07, 6.45) is -1.42. The smallest absolute Gasteiger partial charge is 0.449 e. The molecule has 0 unspecified atom stereocenters. The van der Waals surface area contributed by atoms with E-state index < -0.39 is 6.16 Å². The first-order chi connectivity index (χ1) is 12.9. The zero-order valence-electron chi connectivity index (χ0n) is 14.4. The maximum absolute atomic E-state index is 12.3. The molecule has 3 rings (SSSR count). The summed E-state index contributed by atoms with van der Waals surface area (Å²) in [5.74, 6) is -0.224. The van der Waals surface area contributed by atoms with Crippen LogP contribution in [-0.4, -0.2) is 17.2 Å². The minimum Gasteiger partial charge on any atom is -0.449 e. The Labute approximate surface area is 165 Å². The zero-order chi connectivity index (χ0) is 19.4. The predicted octanol–water partition coefficient (Wildman–Crippen LogP) is 5.68. The van der Waals surface area contributed by atoms with E-state index in [0.717, 1.165) is 16.0 Å². The summed E-state index contributed by atoms with van der Waals surface area (Å²) in [6.45, 7) is 1.70. The van der Waals surface area contributed by atoms with Gasteiger partial charge in [0.2, 0.25) is 11.0 Å². The Morgan fingerprint density at radius 1 is 1.11 bits per heavy atom. The Hall–Kier alpha value is -2.83. The van der Waals surface area contributed by atoms with Crippen molar-refractivity contribution in [2.45, 2.75) is 13.5 Å². The number of ether oxygens (including phenoxy) is 1. The highest BCUT2D eigenvalue weighted by molar-refractivity contribution is 7.18. The van der Waals surface area contributed by atoms with E-state index in [1.165, 1.54) is 23.2 Å². The van der Waals surface area contributed by atoms with E-state index in [9.17, 15) is 9.59 Å². The summed E-state index contributed by atoms with van der Waals surface area (Å²) in [5, 5.41) is 9.84. The number of carboxylic acid groups (broad SMARTS) is 1. The molecule has 0 atom stereocenters. The van der Waals surface area contributed by atoms with Gasteiger partial charge in [0.05, 0.1) is 12.2 Å². The lowest BCUT2D eigenvalue weighted by atomic mass is 10.1. The molecule has 1 amide bonds. The van der Waals surface area contributed by atoms with Crippen molar-refractivity contribution in [1.29, 1.82) is 0 Å². The second kappa shape index (κ2) is 8.24. The van der Waals surface area contributed by atoms with Crippen LogP contribution in [0.3, 0.4) is 0 Å². The molecule has 0 saturated heterocycles. The molecule has 0 fully saturated rings. The van der Waals surface area contributed by atoms with Gasteiger partial charge >= 0.3 is 6.16 Å². The van der Waals surface area contributed by atoms with E-state index in [1.807, 2.05) is 42.5 Å². The molecule has 0 aliphatic carbocycles. The van der Waals surface area contributed by atoms with Crippen molar-refractivity contribution in [3.05, 3.63) is 71.2 Å². The van der Waals surface area contributed by atoms with Crippen molar-refractivity contribution in [2.24, 2.45) is 0 Å². The first kappa shape index (κ1) is 18.9. The highest BCUT2D eigenvalue weighted by Gasteiger charge is 2.23. The second-order valence-corrected chi connectivity index (χ2v) is 7.20. The summed E-state index contributed by atoms with van der Waals surface area (Å²) in [4.78, 5) is 25.7. The molecular weight excluding hydrogens is 386 g/mol. The van der Waals surface area contributed by atoms with Crippen LogP contribution in [0.15, 0.2) is 60.7 Å². The lowest BCUT2D eigenvalue weighted by Gasteiger charge is -2.21. The number of thiophene rings is 1. The minimum absolute atomic E-state index is 0.158.